The number of nitrogens with one attached hydrogen (secondary N) is 1. The predicted octanol–water partition coefficient (Wildman–Crippen LogP) is 1.45. The Morgan fingerprint density at radius 2 is 1.71 bits per heavy atom. The number of carbonyl (C=O) groups is 2. The third-order valence-electron chi connectivity index (χ3n) is 3.75. The van der Waals surface area contributed by atoms with Gasteiger partial charge in [0.15, 0.2) is 0 Å². The number of hydrogen-bond acceptors (Lipinski definition) is 4. The van der Waals surface area contributed by atoms with Gasteiger partial charge in [-0.25, -0.2) is 17.9 Å². The third-order valence-corrected chi connectivity index (χ3v) is 5.43. The lowest BCUT2D eigenvalue weighted by atomic mass is 10.1. The van der Waals surface area contributed by atoms with Crippen LogP contribution in [0.1, 0.15) is 44.0 Å². The van der Waals surface area contributed by atoms with Gasteiger partial charge in [-0.15, -0.1) is 0 Å². The van der Waals surface area contributed by atoms with Gasteiger partial charge in [0, 0.05) is 17.6 Å². The van der Waals surface area contributed by atoms with E-state index in [1.807, 2.05) is 0 Å². The molecule has 1 saturated carbocycles. The lowest BCUT2D eigenvalue weighted by molar-refractivity contribution is -0.141. The largest absolute Gasteiger partial charge is 0.480 e. The van der Waals surface area contributed by atoms with Crippen molar-refractivity contribution in [3.05, 3.63) is 29.8 Å². The Morgan fingerprint density at radius 1 is 1.17 bits per heavy atom. The molecular formula is C16H22N2O5S. The van der Waals surface area contributed by atoms with Crippen LogP contribution in [0.5, 0.6) is 0 Å². The van der Waals surface area contributed by atoms with Crippen molar-refractivity contribution in [1.29, 1.82) is 0 Å². The molecule has 1 aromatic rings. The SMILES string of the molecule is CC(C)NS(=O)(=O)c1ccc(C(=O)N(C2CC2)C(C)C(=O)O)cc1. The average Bonchev–Trinajstić information content (AvgIpc) is 3.30. The monoisotopic (exact) mass is 354 g/mol. The summed E-state index contributed by atoms with van der Waals surface area (Å²) in [6, 6.07) is 4.33. The van der Waals surface area contributed by atoms with Crippen LogP contribution in [0.4, 0.5) is 0 Å². The second kappa shape index (κ2) is 6.90. The summed E-state index contributed by atoms with van der Waals surface area (Å²) in [6.07, 6.45) is 1.57. The molecule has 2 rings (SSSR count). The van der Waals surface area contributed by atoms with Crippen molar-refractivity contribution < 1.29 is 23.1 Å². The molecular weight excluding hydrogens is 332 g/mol. The van der Waals surface area contributed by atoms with Gasteiger partial charge < -0.3 is 10.0 Å². The van der Waals surface area contributed by atoms with Crippen molar-refractivity contribution in [3.63, 3.8) is 0 Å². The van der Waals surface area contributed by atoms with E-state index in [2.05, 4.69) is 4.72 Å². The van der Waals surface area contributed by atoms with E-state index in [4.69, 9.17) is 0 Å². The standard InChI is InChI=1S/C16H22N2O5S/c1-10(2)17-24(22,23)14-8-4-12(5-9-14)15(19)18(13-6-7-13)11(3)16(20)21/h4-5,8-11,13,17H,6-7H2,1-3H3,(H,20,21). The van der Waals surface area contributed by atoms with Crippen LogP contribution in [-0.4, -0.2) is 48.4 Å². The lowest BCUT2D eigenvalue weighted by Gasteiger charge is -2.26. The number of carboxylic acid groups (broad SMARTS) is 1. The second-order valence-electron chi connectivity index (χ2n) is 6.26. The van der Waals surface area contributed by atoms with E-state index in [1.165, 1.54) is 36.1 Å². The Labute approximate surface area is 141 Å². The quantitative estimate of drug-likeness (QED) is 0.771. The number of nitrogens with zero attached hydrogens (tertiary/aromatic N) is 1. The number of rotatable bonds is 7. The van der Waals surface area contributed by atoms with Gasteiger partial charge in [0.2, 0.25) is 10.0 Å². The van der Waals surface area contributed by atoms with Crippen molar-refractivity contribution in [1.82, 2.24) is 9.62 Å². The van der Waals surface area contributed by atoms with Crippen LogP contribution in [0.3, 0.4) is 0 Å². The molecule has 0 aliphatic heterocycles. The Hall–Kier alpha value is -1.93. The van der Waals surface area contributed by atoms with Gasteiger partial charge in [0.25, 0.3) is 5.91 Å². The Balaban J connectivity index is 2.23. The van der Waals surface area contributed by atoms with E-state index in [0.717, 1.165) is 12.8 Å². The Bertz CT molecular complexity index is 723. The maximum absolute atomic E-state index is 12.6. The number of hydrogen-bond donors (Lipinski definition) is 2. The van der Waals surface area contributed by atoms with Gasteiger partial charge in [-0.05, 0) is 57.9 Å². The lowest BCUT2D eigenvalue weighted by Crippen LogP contribution is -2.44. The first-order valence-electron chi connectivity index (χ1n) is 7.81. The van der Waals surface area contributed by atoms with Crippen molar-refractivity contribution in [3.8, 4) is 0 Å². The minimum absolute atomic E-state index is 0.0605. The number of carboxylic acids is 1. The summed E-state index contributed by atoms with van der Waals surface area (Å²) in [5.74, 6) is -1.45. The van der Waals surface area contributed by atoms with Gasteiger partial charge in [-0.3, -0.25) is 4.79 Å². The minimum atomic E-state index is -3.63. The van der Waals surface area contributed by atoms with Crippen molar-refractivity contribution in [2.24, 2.45) is 0 Å². The van der Waals surface area contributed by atoms with Crippen LogP contribution in [0.2, 0.25) is 0 Å². The molecule has 0 heterocycles. The first kappa shape index (κ1) is 18.4. The molecule has 2 N–H and O–H groups in total. The van der Waals surface area contributed by atoms with E-state index in [0.29, 0.717) is 0 Å². The molecule has 1 amide bonds. The van der Waals surface area contributed by atoms with Gasteiger partial charge in [-0.1, -0.05) is 0 Å². The van der Waals surface area contributed by atoms with Crippen LogP contribution in [-0.2, 0) is 14.8 Å². The molecule has 0 aromatic heterocycles. The van der Waals surface area contributed by atoms with Crippen molar-refractivity contribution in [2.45, 2.75) is 56.6 Å². The summed E-state index contributed by atoms with van der Waals surface area (Å²) in [4.78, 5) is 25.2. The van der Waals surface area contributed by atoms with Crippen LogP contribution in [0, 0.1) is 0 Å². The molecule has 0 spiro atoms. The van der Waals surface area contributed by atoms with E-state index in [9.17, 15) is 23.1 Å². The smallest absolute Gasteiger partial charge is 0.326 e. The molecule has 1 atom stereocenters. The molecule has 1 aliphatic carbocycles. The highest BCUT2D eigenvalue weighted by Gasteiger charge is 2.38. The minimum Gasteiger partial charge on any atom is -0.480 e. The van der Waals surface area contributed by atoms with Crippen molar-refractivity contribution >= 4 is 21.9 Å². The normalized spacial score (nSPS) is 16.0. The first-order chi connectivity index (χ1) is 11.1. The highest BCUT2D eigenvalue weighted by Crippen LogP contribution is 2.30. The summed E-state index contributed by atoms with van der Waals surface area (Å²) in [6.45, 7) is 4.91. The average molecular weight is 354 g/mol. The molecule has 132 valence electrons. The fourth-order valence-corrected chi connectivity index (χ4v) is 3.68. The number of aliphatic carboxylic acids is 1. The van der Waals surface area contributed by atoms with Gasteiger partial charge in [0.1, 0.15) is 6.04 Å². The van der Waals surface area contributed by atoms with E-state index >= 15 is 0 Å². The molecule has 1 aromatic carbocycles. The molecule has 8 heteroatoms. The summed E-state index contributed by atoms with van der Waals surface area (Å²) in [5, 5.41) is 9.18. The maximum atomic E-state index is 12.6. The number of carbonyl (C=O) groups excluding carboxylic acids is 1. The molecule has 0 saturated heterocycles. The zero-order valence-electron chi connectivity index (χ0n) is 13.9. The molecule has 0 radical (unpaired) electrons. The van der Waals surface area contributed by atoms with E-state index < -0.39 is 27.9 Å². The summed E-state index contributed by atoms with van der Waals surface area (Å²) in [7, 11) is -3.63. The zero-order chi connectivity index (χ0) is 18.1. The fraction of sp³-hybridized carbons (Fsp3) is 0.500. The molecule has 0 bridgehead atoms. The van der Waals surface area contributed by atoms with Crippen LogP contribution in [0.25, 0.3) is 0 Å². The van der Waals surface area contributed by atoms with Gasteiger partial charge in [0.05, 0.1) is 4.90 Å². The molecule has 1 unspecified atom stereocenters. The number of amides is 1. The highest BCUT2D eigenvalue weighted by molar-refractivity contribution is 7.89. The highest BCUT2D eigenvalue weighted by atomic mass is 32.2. The molecule has 1 fully saturated rings. The molecule has 24 heavy (non-hydrogen) atoms. The van der Waals surface area contributed by atoms with Crippen LogP contribution in [0.15, 0.2) is 29.2 Å². The second-order valence-corrected chi connectivity index (χ2v) is 7.97. The Kier molecular flexibility index (Phi) is 5.29. The topological polar surface area (TPSA) is 104 Å². The van der Waals surface area contributed by atoms with Crippen LogP contribution < -0.4 is 4.72 Å². The maximum Gasteiger partial charge on any atom is 0.326 e. The van der Waals surface area contributed by atoms with Gasteiger partial charge in [-0.2, -0.15) is 0 Å². The Morgan fingerprint density at radius 3 is 2.12 bits per heavy atom. The van der Waals surface area contributed by atoms with Gasteiger partial charge >= 0.3 is 5.97 Å². The van der Waals surface area contributed by atoms with Crippen LogP contribution >= 0.6 is 0 Å². The summed E-state index contributed by atoms with van der Waals surface area (Å²) < 4.78 is 26.6. The summed E-state index contributed by atoms with van der Waals surface area (Å²) in [5.41, 5.74) is 0.276. The first-order valence-corrected chi connectivity index (χ1v) is 9.29. The van der Waals surface area contributed by atoms with Crippen molar-refractivity contribution in [2.75, 3.05) is 0 Å². The molecule has 7 nitrogen and oxygen atoms in total. The van der Waals surface area contributed by atoms with E-state index in [1.54, 1.807) is 13.8 Å². The fourth-order valence-electron chi connectivity index (χ4n) is 2.43. The zero-order valence-corrected chi connectivity index (χ0v) is 14.7. The number of sulfonamides is 1. The van der Waals surface area contributed by atoms with E-state index in [-0.39, 0.29) is 22.5 Å². The third kappa shape index (κ3) is 4.12. The predicted molar refractivity (Wildman–Crippen MR) is 88.2 cm³/mol. The molecule has 1 aliphatic rings. The summed E-state index contributed by atoms with van der Waals surface area (Å²) >= 11 is 0. The number of benzene rings is 1.